The fourth-order valence-electron chi connectivity index (χ4n) is 1.51. The SMILES string of the molecule is CNC(C)c1cccn1C(C)(C)C. The van der Waals surface area contributed by atoms with Crippen molar-refractivity contribution < 1.29 is 0 Å². The number of aromatic nitrogens is 1. The molecule has 0 aliphatic carbocycles. The summed E-state index contributed by atoms with van der Waals surface area (Å²) in [5, 5.41) is 3.26. The van der Waals surface area contributed by atoms with Gasteiger partial charge in [-0.3, -0.25) is 0 Å². The highest BCUT2D eigenvalue weighted by Gasteiger charge is 2.17. The molecule has 2 heteroatoms. The van der Waals surface area contributed by atoms with Crippen molar-refractivity contribution in [2.24, 2.45) is 0 Å². The van der Waals surface area contributed by atoms with E-state index >= 15 is 0 Å². The molecule has 74 valence electrons. The third-order valence-corrected chi connectivity index (χ3v) is 2.38. The smallest absolute Gasteiger partial charge is 0.0443 e. The van der Waals surface area contributed by atoms with Crippen LogP contribution in [0.25, 0.3) is 0 Å². The number of hydrogen-bond acceptors (Lipinski definition) is 1. The third kappa shape index (κ3) is 2.13. The monoisotopic (exact) mass is 180 g/mol. The molecule has 1 unspecified atom stereocenters. The average molecular weight is 180 g/mol. The predicted octanol–water partition coefficient (Wildman–Crippen LogP) is 2.52. The number of rotatable bonds is 2. The lowest BCUT2D eigenvalue weighted by Crippen LogP contribution is -2.26. The molecule has 0 radical (unpaired) electrons. The molecule has 0 spiro atoms. The summed E-state index contributed by atoms with van der Waals surface area (Å²) in [7, 11) is 1.99. The van der Waals surface area contributed by atoms with Crippen LogP contribution in [0.15, 0.2) is 18.3 Å². The highest BCUT2D eigenvalue weighted by atomic mass is 15.1. The Morgan fingerprint density at radius 2 is 2.00 bits per heavy atom. The first-order valence-corrected chi connectivity index (χ1v) is 4.82. The van der Waals surface area contributed by atoms with Gasteiger partial charge in [0.25, 0.3) is 0 Å². The van der Waals surface area contributed by atoms with Crippen molar-refractivity contribution in [3.8, 4) is 0 Å². The van der Waals surface area contributed by atoms with E-state index in [-0.39, 0.29) is 5.54 Å². The molecule has 1 atom stereocenters. The maximum absolute atomic E-state index is 3.26. The van der Waals surface area contributed by atoms with E-state index in [2.05, 4.69) is 55.9 Å². The van der Waals surface area contributed by atoms with Crippen molar-refractivity contribution in [1.29, 1.82) is 0 Å². The Labute approximate surface area is 81.0 Å². The van der Waals surface area contributed by atoms with Gasteiger partial charge in [-0.25, -0.2) is 0 Å². The quantitative estimate of drug-likeness (QED) is 0.740. The van der Waals surface area contributed by atoms with Gasteiger partial charge in [0.1, 0.15) is 0 Å². The Bertz CT molecular complexity index is 268. The lowest BCUT2D eigenvalue weighted by molar-refractivity contribution is 0.373. The summed E-state index contributed by atoms with van der Waals surface area (Å²) >= 11 is 0. The molecule has 0 fully saturated rings. The Hall–Kier alpha value is -0.760. The fraction of sp³-hybridized carbons (Fsp3) is 0.636. The second-order valence-electron chi connectivity index (χ2n) is 4.48. The van der Waals surface area contributed by atoms with E-state index < -0.39 is 0 Å². The zero-order chi connectivity index (χ0) is 10.1. The minimum atomic E-state index is 0.171. The predicted molar refractivity (Wildman–Crippen MR) is 56.9 cm³/mol. The van der Waals surface area contributed by atoms with E-state index in [0.717, 1.165) is 0 Å². The van der Waals surface area contributed by atoms with Gasteiger partial charge in [-0.1, -0.05) is 0 Å². The molecular formula is C11H20N2. The molecule has 1 rings (SSSR count). The number of hydrogen-bond donors (Lipinski definition) is 1. The molecule has 2 nitrogen and oxygen atoms in total. The van der Waals surface area contributed by atoms with Crippen molar-refractivity contribution in [3.63, 3.8) is 0 Å². The molecule has 0 saturated heterocycles. The van der Waals surface area contributed by atoms with Crippen LogP contribution in [0.4, 0.5) is 0 Å². The number of nitrogens with zero attached hydrogens (tertiary/aromatic N) is 1. The van der Waals surface area contributed by atoms with Gasteiger partial charge in [0, 0.05) is 23.5 Å². The second kappa shape index (κ2) is 3.54. The molecule has 13 heavy (non-hydrogen) atoms. The van der Waals surface area contributed by atoms with E-state index in [1.165, 1.54) is 5.69 Å². The van der Waals surface area contributed by atoms with Crippen LogP contribution in [0.1, 0.15) is 39.4 Å². The molecule has 1 aromatic heterocycles. The van der Waals surface area contributed by atoms with E-state index in [1.54, 1.807) is 0 Å². The van der Waals surface area contributed by atoms with E-state index in [0.29, 0.717) is 6.04 Å². The highest BCUT2D eigenvalue weighted by Crippen LogP contribution is 2.21. The molecule has 0 bridgehead atoms. The lowest BCUT2D eigenvalue weighted by atomic mass is 10.1. The minimum absolute atomic E-state index is 0.171. The average Bonchev–Trinajstić information content (AvgIpc) is 2.49. The van der Waals surface area contributed by atoms with Gasteiger partial charge in [-0.2, -0.15) is 0 Å². The van der Waals surface area contributed by atoms with E-state index in [9.17, 15) is 0 Å². The molecule has 1 heterocycles. The summed E-state index contributed by atoms with van der Waals surface area (Å²) in [5.41, 5.74) is 1.51. The first kappa shape index (κ1) is 10.3. The first-order chi connectivity index (χ1) is 5.96. The van der Waals surface area contributed by atoms with Crippen LogP contribution in [0.3, 0.4) is 0 Å². The van der Waals surface area contributed by atoms with E-state index in [1.807, 2.05) is 7.05 Å². The van der Waals surface area contributed by atoms with Crippen molar-refractivity contribution >= 4 is 0 Å². The Morgan fingerprint density at radius 1 is 1.38 bits per heavy atom. The van der Waals surface area contributed by atoms with Gasteiger partial charge >= 0.3 is 0 Å². The maximum atomic E-state index is 3.26. The molecule has 0 aromatic carbocycles. The maximum Gasteiger partial charge on any atom is 0.0443 e. The Kier molecular flexibility index (Phi) is 2.81. The summed E-state index contributed by atoms with van der Waals surface area (Å²) in [5.74, 6) is 0. The second-order valence-corrected chi connectivity index (χ2v) is 4.48. The van der Waals surface area contributed by atoms with Crippen molar-refractivity contribution in [3.05, 3.63) is 24.0 Å². The summed E-state index contributed by atoms with van der Waals surface area (Å²) < 4.78 is 2.31. The lowest BCUT2D eigenvalue weighted by Gasteiger charge is -2.26. The van der Waals surface area contributed by atoms with Gasteiger partial charge in [-0.15, -0.1) is 0 Å². The van der Waals surface area contributed by atoms with Gasteiger partial charge in [0.2, 0.25) is 0 Å². The zero-order valence-electron chi connectivity index (χ0n) is 9.26. The molecule has 0 aliphatic rings. The molecular weight excluding hydrogens is 160 g/mol. The topological polar surface area (TPSA) is 17.0 Å². The Morgan fingerprint density at radius 3 is 2.46 bits per heavy atom. The van der Waals surface area contributed by atoms with Gasteiger partial charge in [-0.05, 0) is 46.9 Å². The minimum Gasteiger partial charge on any atom is -0.345 e. The summed E-state index contributed by atoms with van der Waals surface area (Å²) in [6.07, 6.45) is 2.14. The molecule has 0 aliphatic heterocycles. The molecule has 1 aromatic rings. The fourth-order valence-corrected chi connectivity index (χ4v) is 1.51. The van der Waals surface area contributed by atoms with Gasteiger partial charge in [0.05, 0.1) is 0 Å². The van der Waals surface area contributed by atoms with Crippen LogP contribution in [0, 0.1) is 0 Å². The van der Waals surface area contributed by atoms with Gasteiger partial charge < -0.3 is 9.88 Å². The normalized spacial score (nSPS) is 14.5. The van der Waals surface area contributed by atoms with Crippen LogP contribution >= 0.6 is 0 Å². The largest absolute Gasteiger partial charge is 0.345 e. The summed E-state index contributed by atoms with van der Waals surface area (Å²) in [6.45, 7) is 8.84. The van der Waals surface area contributed by atoms with E-state index in [4.69, 9.17) is 0 Å². The van der Waals surface area contributed by atoms with Crippen LogP contribution in [0.5, 0.6) is 0 Å². The van der Waals surface area contributed by atoms with Gasteiger partial charge in [0.15, 0.2) is 0 Å². The van der Waals surface area contributed by atoms with Crippen molar-refractivity contribution in [1.82, 2.24) is 9.88 Å². The van der Waals surface area contributed by atoms with Crippen LogP contribution in [-0.2, 0) is 5.54 Å². The van der Waals surface area contributed by atoms with Crippen molar-refractivity contribution in [2.75, 3.05) is 7.05 Å². The van der Waals surface area contributed by atoms with Crippen LogP contribution in [0.2, 0.25) is 0 Å². The third-order valence-electron chi connectivity index (χ3n) is 2.38. The zero-order valence-corrected chi connectivity index (χ0v) is 9.26. The summed E-state index contributed by atoms with van der Waals surface area (Å²) in [4.78, 5) is 0. The van der Waals surface area contributed by atoms with Crippen LogP contribution in [-0.4, -0.2) is 11.6 Å². The standard InChI is InChI=1S/C11H20N2/c1-9(12-5)10-7-6-8-13(10)11(2,3)4/h6-9,12H,1-5H3. The molecule has 0 saturated carbocycles. The van der Waals surface area contributed by atoms with Crippen molar-refractivity contribution in [2.45, 2.75) is 39.3 Å². The summed E-state index contributed by atoms with van der Waals surface area (Å²) in [6, 6.07) is 4.69. The van der Waals surface area contributed by atoms with Crippen LogP contribution < -0.4 is 5.32 Å². The molecule has 1 N–H and O–H groups in total. The first-order valence-electron chi connectivity index (χ1n) is 4.82. The number of nitrogens with one attached hydrogen (secondary N) is 1. The highest BCUT2D eigenvalue weighted by molar-refractivity contribution is 5.13. The Balaban J connectivity index is 3.03. The molecule has 0 amide bonds.